The van der Waals surface area contributed by atoms with Crippen LogP contribution in [0.5, 0.6) is 0 Å². The molecule has 2 aromatic rings. The summed E-state index contributed by atoms with van der Waals surface area (Å²) in [6.07, 6.45) is 5.45. The summed E-state index contributed by atoms with van der Waals surface area (Å²) in [5.74, 6) is 0. The number of rotatable bonds is 3. The second-order valence-corrected chi connectivity index (χ2v) is 2.80. The van der Waals surface area contributed by atoms with Gasteiger partial charge in [0.2, 0.25) is 0 Å². The fourth-order valence-corrected chi connectivity index (χ4v) is 1.26. The average Bonchev–Trinajstić information content (AvgIpc) is 2.74. The van der Waals surface area contributed by atoms with Crippen LogP contribution in [0.25, 0.3) is 0 Å². The van der Waals surface area contributed by atoms with E-state index >= 15 is 0 Å². The Labute approximate surface area is 82.2 Å². The van der Waals surface area contributed by atoms with E-state index < -0.39 is 0 Å². The van der Waals surface area contributed by atoms with Crippen LogP contribution in [0.15, 0.2) is 54.9 Å². The van der Waals surface area contributed by atoms with Gasteiger partial charge in [0.05, 0.1) is 5.69 Å². The van der Waals surface area contributed by atoms with Crippen molar-refractivity contribution in [3.63, 3.8) is 0 Å². The van der Waals surface area contributed by atoms with E-state index in [0.29, 0.717) is 0 Å². The molecule has 0 atom stereocenters. The van der Waals surface area contributed by atoms with Crippen LogP contribution in [-0.4, -0.2) is 11.1 Å². The van der Waals surface area contributed by atoms with Crippen molar-refractivity contribution in [3.8, 4) is 0 Å². The van der Waals surface area contributed by atoms with Crippen molar-refractivity contribution < 1.29 is 4.79 Å². The number of nitrogens with zero attached hydrogens (tertiary/aromatic N) is 2. The number of amides is 1. The summed E-state index contributed by atoms with van der Waals surface area (Å²) in [6.45, 7) is 0. The van der Waals surface area contributed by atoms with Crippen LogP contribution in [0.2, 0.25) is 0 Å². The van der Waals surface area contributed by atoms with Crippen LogP contribution in [0.3, 0.4) is 0 Å². The van der Waals surface area contributed by atoms with E-state index in [-0.39, 0.29) is 0 Å². The van der Waals surface area contributed by atoms with Gasteiger partial charge in [-0.15, -0.1) is 0 Å². The topological polar surface area (TPSA) is 25.2 Å². The molecule has 0 aliphatic heterocycles. The molecule has 0 bridgehead atoms. The minimum atomic E-state index is 0.790. The Morgan fingerprint density at radius 1 is 1.00 bits per heavy atom. The van der Waals surface area contributed by atoms with Crippen molar-refractivity contribution in [3.05, 3.63) is 54.9 Å². The molecule has 0 unspecified atom stereocenters. The first-order valence-electron chi connectivity index (χ1n) is 4.28. The maximum Gasteiger partial charge on any atom is 0.337 e. The van der Waals surface area contributed by atoms with Gasteiger partial charge in [-0.3, -0.25) is 9.47 Å². The van der Waals surface area contributed by atoms with Gasteiger partial charge in [0.25, 0.3) is 0 Å². The molecule has 1 aromatic carbocycles. The number of benzene rings is 1. The molecule has 3 heteroatoms. The SMILES string of the molecule is O=[C]N(c1ccccc1)n1cccc1. The van der Waals surface area contributed by atoms with E-state index in [1.807, 2.05) is 48.9 Å². The first-order valence-corrected chi connectivity index (χ1v) is 4.28. The molecule has 0 saturated carbocycles. The number of hydrogen-bond donors (Lipinski definition) is 0. The molecule has 1 radical (unpaired) electrons. The van der Waals surface area contributed by atoms with Crippen molar-refractivity contribution in [1.29, 1.82) is 0 Å². The summed E-state index contributed by atoms with van der Waals surface area (Å²) >= 11 is 0. The van der Waals surface area contributed by atoms with Gasteiger partial charge in [-0.05, 0) is 24.3 Å². The highest BCUT2D eigenvalue weighted by Gasteiger charge is 2.05. The molecule has 14 heavy (non-hydrogen) atoms. The number of anilines is 1. The van der Waals surface area contributed by atoms with Crippen molar-refractivity contribution in [2.75, 3.05) is 5.01 Å². The van der Waals surface area contributed by atoms with Crippen LogP contribution in [-0.2, 0) is 4.79 Å². The van der Waals surface area contributed by atoms with E-state index in [9.17, 15) is 4.79 Å². The molecule has 0 aliphatic rings. The van der Waals surface area contributed by atoms with Crippen LogP contribution >= 0.6 is 0 Å². The van der Waals surface area contributed by atoms with Crippen LogP contribution in [0.1, 0.15) is 0 Å². The molecular formula is C11H9N2O. The molecule has 69 valence electrons. The van der Waals surface area contributed by atoms with Crippen LogP contribution in [0.4, 0.5) is 5.69 Å². The molecule has 0 saturated heterocycles. The zero-order valence-electron chi connectivity index (χ0n) is 7.50. The van der Waals surface area contributed by atoms with Crippen molar-refractivity contribution in [1.82, 2.24) is 4.68 Å². The third-order valence-corrected chi connectivity index (χ3v) is 1.91. The lowest BCUT2D eigenvalue weighted by molar-refractivity contribution is 0.545. The highest BCUT2D eigenvalue weighted by atomic mass is 16.1. The Hall–Kier alpha value is -2.03. The first kappa shape index (κ1) is 8.56. The van der Waals surface area contributed by atoms with Crippen molar-refractivity contribution in [2.24, 2.45) is 0 Å². The quantitative estimate of drug-likeness (QED) is 0.669. The maximum absolute atomic E-state index is 10.8. The highest BCUT2D eigenvalue weighted by molar-refractivity contribution is 5.74. The minimum absolute atomic E-state index is 0.790. The Bertz CT molecular complexity index is 394. The lowest BCUT2D eigenvalue weighted by atomic mass is 10.3. The smallest absolute Gasteiger partial charge is 0.261 e. The van der Waals surface area contributed by atoms with Gasteiger partial charge < -0.3 is 0 Å². The van der Waals surface area contributed by atoms with E-state index in [2.05, 4.69) is 0 Å². The molecule has 0 aliphatic carbocycles. The Kier molecular flexibility index (Phi) is 2.32. The minimum Gasteiger partial charge on any atom is -0.261 e. The van der Waals surface area contributed by atoms with Crippen LogP contribution < -0.4 is 5.01 Å². The second-order valence-electron chi connectivity index (χ2n) is 2.80. The van der Waals surface area contributed by atoms with Crippen molar-refractivity contribution >= 4 is 12.1 Å². The Morgan fingerprint density at radius 2 is 1.64 bits per heavy atom. The van der Waals surface area contributed by atoms with Gasteiger partial charge >= 0.3 is 6.41 Å². The average molecular weight is 185 g/mol. The molecule has 1 amide bonds. The molecule has 0 fully saturated rings. The highest BCUT2D eigenvalue weighted by Crippen LogP contribution is 2.12. The van der Waals surface area contributed by atoms with Gasteiger partial charge in [-0.2, -0.15) is 0 Å². The fourth-order valence-electron chi connectivity index (χ4n) is 1.26. The van der Waals surface area contributed by atoms with Gasteiger partial charge in [-0.25, -0.2) is 5.01 Å². The lowest BCUT2D eigenvalue weighted by Crippen LogP contribution is -2.25. The third kappa shape index (κ3) is 1.52. The number of para-hydroxylation sites is 1. The first-order chi connectivity index (χ1) is 6.92. The Morgan fingerprint density at radius 3 is 2.21 bits per heavy atom. The summed E-state index contributed by atoms with van der Waals surface area (Å²) in [6, 6.07) is 13.1. The molecule has 0 spiro atoms. The summed E-state index contributed by atoms with van der Waals surface area (Å²) in [7, 11) is 0. The molecule has 1 aromatic heterocycles. The van der Waals surface area contributed by atoms with Gasteiger partial charge in [-0.1, -0.05) is 18.2 Å². The second kappa shape index (κ2) is 3.79. The van der Waals surface area contributed by atoms with Gasteiger partial charge in [0, 0.05) is 12.4 Å². The number of hydrogen-bond acceptors (Lipinski definition) is 1. The molecule has 3 nitrogen and oxygen atoms in total. The normalized spacial score (nSPS) is 9.71. The maximum atomic E-state index is 10.8. The molecular weight excluding hydrogens is 176 g/mol. The Balaban J connectivity index is 2.36. The molecule has 2 rings (SSSR count). The summed E-state index contributed by atoms with van der Waals surface area (Å²) in [5, 5.41) is 1.40. The van der Waals surface area contributed by atoms with E-state index in [1.54, 1.807) is 17.1 Å². The van der Waals surface area contributed by atoms with Gasteiger partial charge in [0.1, 0.15) is 0 Å². The largest absolute Gasteiger partial charge is 0.337 e. The predicted octanol–water partition coefficient (Wildman–Crippen LogP) is 1.82. The molecule has 0 N–H and O–H groups in total. The molecule has 1 heterocycles. The zero-order valence-corrected chi connectivity index (χ0v) is 7.50. The van der Waals surface area contributed by atoms with E-state index in [0.717, 1.165) is 5.69 Å². The standard InChI is InChI=1S/C11H9N2O/c14-10-13(12-8-4-5-9-12)11-6-2-1-3-7-11/h1-9H. The zero-order chi connectivity index (χ0) is 9.80. The van der Waals surface area contributed by atoms with Crippen molar-refractivity contribution in [2.45, 2.75) is 0 Å². The summed E-state index contributed by atoms with van der Waals surface area (Å²) < 4.78 is 1.67. The summed E-state index contributed by atoms with van der Waals surface area (Å²) in [4.78, 5) is 10.8. The summed E-state index contributed by atoms with van der Waals surface area (Å²) in [5.41, 5.74) is 0.790. The van der Waals surface area contributed by atoms with Gasteiger partial charge in [0.15, 0.2) is 0 Å². The lowest BCUT2D eigenvalue weighted by Gasteiger charge is -2.16. The number of carbonyl (C=O) groups excluding carboxylic acids is 1. The van der Waals surface area contributed by atoms with Crippen LogP contribution in [0, 0.1) is 0 Å². The third-order valence-electron chi connectivity index (χ3n) is 1.91. The number of aromatic nitrogens is 1. The van der Waals surface area contributed by atoms with E-state index in [4.69, 9.17) is 0 Å². The monoisotopic (exact) mass is 185 g/mol. The fraction of sp³-hybridized carbons (Fsp3) is 0. The van der Waals surface area contributed by atoms with E-state index in [1.165, 1.54) is 5.01 Å². The predicted molar refractivity (Wildman–Crippen MR) is 54.4 cm³/mol.